The molecule has 0 bridgehead atoms. The van der Waals surface area contributed by atoms with Gasteiger partial charge in [-0.05, 0) is 12.1 Å². The number of benzene rings is 1. The Labute approximate surface area is 110 Å². The van der Waals surface area contributed by atoms with Crippen LogP contribution >= 0.6 is 0 Å². The molecule has 2 rings (SSSR count). The van der Waals surface area contributed by atoms with Crippen LogP contribution in [-0.2, 0) is 4.74 Å². The van der Waals surface area contributed by atoms with Crippen molar-refractivity contribution in [1.29, 1.82) is 5.26 Å². The van der Waals surface area contributed by atoms with E-state index in [0.717, 1.165) is 0 Å². The van der Waals surface area contributed by atoms with Crippen LogP contribution < -0.4 is 9.64 Å². The molecule has 0 saturated carbocycles. The highest BCUT2D eigenvalue weighted by Crippen LogP contribution is 2.25. The van der Waals surface area contributed by atoms with Crippen molar-refractivity contribution in [2.45, 2.75) is 12.5 Å². The largest absolute Gasteiger partial charge is 0.492 e. The third-order valence-corrected chi connectivity index (χ3v) is 2.69. The summed E-state index contributed by atoms with van der Waals surface area (Å²) in [6.45, 7) is 0.432. The summed E-state index contributed by atoms with van der Waals surface area (Å²) in [4.78, 5) is 13.1. The zero-order chi connectivity index (χ0) is 13.7. The van der Waals surface area contributed by atoms with Crippen LogP contribution in [0.15, 0.2) is 24.3 Å². The van der Waals surface area contributed by atoms with Crippen LogP contribution in [0.4, 0.5) is 10.5 Å². The van der Waals surface area contributed by atoms with Gasteiger partial charge in [0.25, 0.3) is 0 Å². The molecule has 0 aliphatic carbocycles. The molecular formula is C13H14N2O4. The summed E-state index contributed by atoms with van der Waals surface area (Å²) in [5.74, 6) is 0.591. The van der Waals surface area contributed by atoms with Crippen LogP contribution in [0.5, 0.6) is 5.75 Å². The number of aliphatic hydroxyl groups is 1. The van der Waals surface area contributed by atoms with E-state index in [4.69, 9.17) is 19.8 Å². The second-order valence-corrected chi connectivity index (χ2v) is 4.05. The lowest BCUT2D eigenvalue weighted by Gasteiger charge is -2.14. The first-order valence-electron chi connectivity index (χ1n) is 5.93. The third-order valence-electron chi connectivity index (χ3n) is 2.69. The van der Waals surface area contributed by atoms with Gasteiger partial charge in [-0.15, -0.1) is 0 Å². The molecule has 1 aromatic rings. The molecule has 6 nitrogen and oxygen atoms in total. The van der Waals surface area contributed by atoms with Gasteiger partial charge in [0.2, 0.25) is 0 Å². The van der Waals surface area contributed by atoms with Crippen LogP contribution in [0.25, 0.3) is 0 Å². The Balaban J connectivity index is 2.06. The molecule has 0 radical (unpaired) electrons. The molecule has 6 heteroatoms. The van der Waals surface area contributed by atoms with Crippen LogP contribution in [0, 0.1) is 11.3 Å². The van der Waals surface area contributed by atoms with Gasteiger partial charge in [-0.3, -0.25) is 4.90 Å². The van der Waals surface area contributed by atoms with Crippen molar-refractivity contribution < 1.29 is 19.4 Å². The van der Waals surface area contributed by atoms with Crippen molar-refractivity contribution >= 4 is 11.8 Å². The number of carbonyl (C=O) groups is 1. The van der Waals surface area contributed by atoms with Crippen LogP contribution in [0.2, 0.25) is 0 Å². The molecule has 1 aliphatic heterocycles. The number of hydrogen-bond donors (Lipinski definition) is 1. The third kappa shape index (κ3) is 3.14. The van der Waals surface area contributed by atoms with E-state index in [1.165, 1.54) is 4.90 Å². The molecule has 0 aromatic heterocycles. The summed E-state index contributed by atoms with van der Waals surface area (Å²) in [6.07, 6.45) is -0.661. The average molecular weight is 262 g/mol. The molecule has 1 unspecified atom stereocenters. The maximum Gasteiger partial charge on any atom is 0.414 e. The SMILES string of the molecule is N#CCCOc1cccc(N2CC(CO)OC2=O)c1. The van der Waals surface area contributed by atoms with E-state index < -0.39 is 12.2 Å². The van der Waals surface area contributed by atoms with Crippen molar-refractivity contribution in [2.75, 3.05) is 24.7 Å². The molecule has 1 saturated heterocycles. The van der Waals surface area contributed by atoms with Crippen molar-refractivity contribution in [3.05, 3.63) is 24.3 Å². The van der Waals surface area contributed by atoms with Gasteiger partial charge in [-0.25, -0.2) is 4.79 Å². The quantitative estimate of drug-likeness (QED) is 0.808. The first kappa shape index (κ1) is 13.2. The highest BCUT2D eigenvalue weighted by molar-refractivity contribution is 5.89. The maximum absolute atomic E-state index is 11.6. The summed E-state index contributed by atoms with van der Waals surface area (Å²) in [5, 5.41) is 17.4. The molecule has 1 aliphatic rings. The smallest absolute Gasteiger partial charge is 0.414 e. The van der Waals surface area contributed by atoms with E-state index in [-0.39, 0.29) is 6.61 Å². The fraction of sp³-hybridized carbons (Fsp3) is 0.385. The fourth-order valence-electron chi connectivity index (χ4n) is 1.78. The number of nitrogens with zero attached hydrogens (tertiary/aromatic N) is 2. The number of amides is 1. The lowest BCUT2D eigenvalue weighted by atomic mass is 10.2. The van der Waals surface area contributed by atoms with Gasteiger partial charge in [0, 0.05) is 6.07 Å². The van der Waals surface area contributed by atoms with Gasteiger partial charge >= 0.3 is 6.09 Å². The number of cyclic esters (lactones) is 1. The number of nitriles is 1. The van der Waals surface area contributed by atoms with E-state index in [2.05, 4.69) is 0 Å². The molecule has 0 spiro atoms. The van der Waals surface area contributed by atoms with Crippen LogP contribution in [0.3, 0.4) is 0 Å². The minimum atomic E-state index is -0.490. The zero-order valence-corrected chi connectivity index (χ0v) is 10.3. The molecule has 1 N–H and O–H groups in total. The first-order chi connectivity index (χ1) is 9.24. The van der Waals surface area contributed by atoms with Crippen LogP contribution in [0.1, 0.15) is 6.42 Å². The first-order valence-corrected chi connectivity index (χ1v) is 5.93. The second kappa shape index (κ2) is 6.07. The maximum atomic E-state index is 11.6. The monoisotopic (exact) mass is 262 g/mol. The molecule has 19 heavy (non-hydrogen) atoms. The minimum absolute atomic E-state index is 0.194. The second-order valence-electron chi connectivity index (χ2n) is 4.05. The predicted molar refractivity (Wildman–Crippen MR) is 66.9 cm³/mol. The average Bonchev–Trinajstić information content (AvgIpc) is 2.81. The number of carbonyl (C=O) groups excluding carboxylic acids is 1. The van der Waals surface area contributed by atoms with Gasteiger partial charge < -0.3 is 14.6 Å². The lowest BCUT2D eigenvalue weighted by Crippen LogP contribution is -2.25. The standard InChI is InChI=1S/C13H14N2O4/c14-5-2-6-18-11-4-1-3-10(7-11)15-8-12(9-16)19-13(15)17/h1,3-4,7,12,16H,2,6,8-9H2. The Kier molecular flexibility index (Phi) is 4.21. The van der Waals surface area contributed by atoms with Crippen LogP contribution in [-0.4, -0.2) is 37.1 Å². The topological polar surface area (TPSA) is 82.8 Å². The molecule has 1 fully saturated rings. The van der Waals surface area contributed by atoms with E-state index in [0.29, 0.717) is 31.0 Å². The molecule has 1 atom stereocenters. The molecular weight excluding hydrogens is 248 g/mol. The Morgan fingerprint density at radius 3 is 3.11 bits per heavy atom. The fourth-order valence-corrected chi connectivity index (χ4v) is 1.78. The Morgan fingerprint density at radius 2 is 2.42 bits per heavy atom. The molecule has 1 amide bonds. The summed E-state index contributed by atoms with van der Waals surface area (Å²) in [5.41, 5.74) is 0.649. The van der Waals surface area contributed by atoms with Gasteiger partial charge in [0.1, 0.15) is 18.5 Å². The molecule has 1 heterocycles. The van der Waals surface area contributed by atoms with Gasteiger partial charge in [0.15, 0.2) is 0 Å². The van der Waals surface area contributed by atoms with Gasteiger partial charge in [-0.1, -0.05) is 6.07 Å². The summed E-state index contributed by atoms with van der Waals surface area (Å²) < 4.78 is 10.4. The van der Waals surface area contributed by atoms with E-state index in [1.54, 1.807) is 24.3 Å². The van der Waals surface area contributed by atoms with Crippen molar-refractivity contribution in [3.8, 4) is 11.8 Å². The molecule has 100 valence electrons. The van der Waals surface area contributed by atoms with E-state index in [9.17, 15) is 4.79 Å². The highest BCUT2D eigenvalue weighted by Gasteiger charge is 2.31. The minimum Gasteiger partial charge on any atom is -0.492 e. The molecule has 1 aromatic carbocycles. The summed E-state index contributed by atoms with van der Waals surface area (Å²) >= 11 is 0. The Morgan fingerprint density at radius 1 is 1.58 bits per heavy atom. The number of rotatable bonds is 5. The number of hydrogen-bond acceptors (Lipinski definition) is 5. The van der Waals surface area contributed by atoms with E-state index >= 15 is 0 Å². The predicted octanol–water partition coefficient (Wildman–Crippen LogP) is 1.30. The Bertz CT molecular complexity index is 498. The van der Waals surface area contributed by atoms with Gasteiger partial charge in [0.05, 0.1) is 31.3 Å². The number of ether oxygens (including phenoxy) is 2. The summed E-state index contributed by atoms with van der Waals surface area (Å²) in [6, 6.07) is 8.98. The normalized spacial score (nSPS) is 18.0. The number of aliphatic hydroxyl groups excluding tert-OH is 1. The lowest BCUT2D eigenvalue weighted by molar-refractivity contribution is 0.0963. The van der Waals surface area contributed by atoms with Gasteiger partial charge in [-0.2, -0.15) is 5.26 Å². The summed E-state index contributed by atoms with van der Waals surface area (Å²) in [7, 11) is 0. The Hall–Kier alpha value is -2.26. The van der Waals surface area contributed by atoms with Crippen molar-refractivity contribution in [1.82, 2.24) is 0 Å². The highest BCUT2D eigenvalue weighted by atomic mass is 16.6. The number of anilines is 1. The van der Waals surface area contributed by atoms with E-state index in [1.807, 2.05) is 6.07 Å². The van der Waals surface area contributed by atoms with Crippen molar-refractivity contribution in [3.63, 3.8) is 0 Å². The van der Waals surface area contributed by atoms with Crippen molar-refractivity contribution in [2.24, 2.45) is 0 Å². The zero-order valence-electron chi connectivity index (χ0n) is 10.3.